The fourth-order valence-corrected chi connectivity index (χ4v) is 2.83. The van der Waals surface area contributed by atoms with Gasteiger partial charge in [0.25, 0.3) is 0 Å². The van der Waals surface area contributed by atoms with E-state index in [1.807, 2.05) is 73.7 Å². The average molecular weight is 361 g/mol. The lowest BCUT2D eigenvalue weighted by Crippen LogP contribution is -2.31. The van der Waals surface area contributed by atoms with Gasteiger partial charge in [0.2, 0.25) is 11.8 Å². The second-order valence-electron chi connectivity index (χ2n) is 6.46. The number of fused-ring (bicyclic) bond motifs is 1. The van der Waals surface area contributed by atoms with Crippen molar-refractivity contribution in [1.29, 1.82) is 0 Å². The summed E-state index contributed by atoms with van der Waals surface area (Å²) in [6.45, 7) is 1.81. The first-order valence-electron chi connectivity index (χ1n) is 8.91. The Balaban J connectivity index is 1.60. The summed E-state index contributed by atoms with van der Waals surface area (Å²) in [7, 11) is 1.62. The van der Waals surface area contributed by atoms with Crippen molar-refractivity contribution in [3.63, 3.8) is 0 Å². The van der Waals surface area contributed by atoms with Gasteiger partial charge in [-0.05, 0) is 47.5 Å². The summed E-state index contributed by atoms with van der Waals surface area (Å²) < 4.78 is 0. The van der Waals surface area contributed by atoms with E-state index in [1.54, 1.807) is 7.05 Å². The van der Waals surface area contributed by atoms with E-state index < -0.39 is 6.04 Å². The van der Waals surface area contributed by atoms with Crippen molar-refractivity contribution in [2.75, 3.05) is 17.7 Å². The van der Waals surface area contributed by atoms with E-state index >= 15 is 0 Å². The van der Waals surface area contributed by atoms with Gasteiger partial charge in [-0.3, -0.25) is 9.59 Å². The third kappa shape index (κ3) is 4.85. The van der Waals surface area contributed by atoms with Gasteiger partial charge in [0.1, 0.15) is 6.04 Å². The van der Waals surface area contributed by atoms with Crippen LogP contribution in [-0.4, -0.2) is 24.9 Å². The third-order valence-electron chi connectivity index (χ3n) is 4.39. The molecule has 0 aliphatic carbocycles. The minimum atomic E-state index is -0.402. The molecule has 0 saturated heterocycles. The Labute approximate surface area is 158 Å². The molecule has 3 N–H and O–H groups in total. The van der Waals surface area contributed by atoms with E-state index in [4.69, 9.17) is 0 Å². The Morgan fingerprint density at radius 2 is 1.56 bits per heavy atom. The molecule has 3 rings (SSSR count). The highest BCUT2D eigenvalue weighted by atomic mass is 16.2. The number of nitrogens with one attached hydrogen (secondary N) is 3. The van der Waals surface area contributed by atoms with Gasteiger partial charge in [-0.1, -0.05) is 42.5 Å². The fourth-order valence-electron chi connectivity index (χ4n) is 2.83. The molecule has 0 radical (unpaired) electrons. The van der Waals surface area contributed by atoms with Crippen LogP contribution in [0.3, 0.4) is 0 Å². The maximum Gasteiger partial charge on any atom is 0.246 e. The highest BCUT2D eigenvalue weighted by molar-refractivity contribution is 5.98. The van der Waals surface area contributed by atoms with E-state index in [1.165, 1.54) is 0 Å². The van der Waals surface area contributed by atoms with E-state index in [-0.39, 0.29) is 11.8 Å². The molecule has 0 aliphatic rings. The number of anilines is 2. The minimum Gasteiger partial charge on any atom is -0.374 e. The molecule has 27 heavy (non-hydrogen) atoms. The molecule has 0 aliphatic heterocycles. The number of hydrogen-bond acceptors (Lipinski definition) is 3. The Kier molecular flexibility index (Phi) is 5.71. The van der Waals surface area contributed by atoms with Crippen molar-refractivity contribution in [1.82, 2.24) is 5.32 Å². The van der Waals surface area contributed by atoms with Crippen molar-refractivity contribution in [3.8, 4) is 0 Å². The van der Waals surface area contributed by atoms with E-state index in [9.17, 15) is 9.59 Å². The number of carbonyl (C=O) groups is 2. The predicted molar refractivity (Wildman–Crippen MR) is 110 cm³/mol. The van der Waals surface area contributed by atoms with Crippen LogP contribution < -0.4 is 16.0 Å². The second-order valence-corrected chi connectivity index (χ2v) is 6.46. The van der Waals surface area contributed by atoms with Crippen LogP contribution in [0, 0.1) is 0 Å². The van der Waals surface area contributed by atoms with E-state index in [0.29, 0.717) is 6.42 Å². The third-order valence-corrected chi connectivity index (χ3v) is 4.39. The molecule has 3 aromatic carbocycles. The Bertz CT molecular complexity index is 951. The second kappa shape index (κ2) is 8.36. The van der Waals surface area contributed by atoms with E-state index in [0.717, 1.165) is 27.7 Å². The van der Waals surface area contributed by atoms with Crippen molar-refractivity contribution in [2.24, 2.45) is 0 Å². The average Bonchev–Trinajstić information content (AvgIpc) is 2.69. The first-order chi connectivity index (χ1) is 13.0. The summed E-state index contributed by atoms with van der Waals surface area (Å²) >= 11 is 0. The van der Waals surface area contributed by atoms with E-state index in [2.05, 4.69) is 16.0 Å². The zero-order chi connectivity index (χ0) is 19.2. The number of amides is 2. The monoisotopic (exact) mass is 361 g/mol. The summed E-state index contributed by atoms with van der Waals surface area (Å²) in [5, 5.41) is 11.0. The Hall–Kier alpha value is -3.34. The molecular weight excluding hydrogens is 338 g/mol. The van der Waals surface area contributed by atoms with Crippen LogP contribution >= 0.6 is 0 Å². The van der Waals surface area contributed by atoms with Crippen LogP contribution in [0.5, 0.6) is 0 Å². The van der Waals surface area contributed by atoms with Gasteiger partial charge in [-0.25, -0.2) is 0 Å². The molecular formula is C22H23N3O2. The number of rotatable bonds is 6. The Morgan fingerprint density at radius 3 is 2.26 bits per heavy atom. The molecule has 0 fully saturated rings. The number of benzene rings is 3. The summed E-state index contributed by atoms with van der Waals surface area (Å²) in [4.78, 5) is 23.9. The quantitative estimate of drug-likeness (QED) is 0.629. The largest absolute Gasteiger partial charge is 0.374 e. The maximum absolute atomic E-state index is 12.5. The van der Waals surface area contributed by atoms with Gasteiger partial charge in [0.05, 0.1) is 6.42 Å². The van der Waals surface area contributed by atoms with Crippen LogP contribution in [0.1, 0.15) is 12.5 Å². The lowest BCUT2D eigenvalue weighted by Gasteiger charge is -2.16. The first kappa shape index (κ1) is 18.5. The van der Waals surface area contributed by atoms with Gasteiger partial charge < -0.3 is 16.0 Å². The maximum atomic E-state index is 12.5. The topological polar surface area (TPSA) is 70.2 Å². The van der Waals surface area contributed by atoms with Gasteiger partial charge in [-0.2, -0.15) is 0 Å². The van der Waals surface area contributed by atoms with Crippen molar-refractivity contribution < 1.29 is 9.59 Å². The molecule has 2 amide bonds. The van der Waals surface area contributed by atoms with Crippen molar-refractivity contribution in [3.05, 3.63) is 72.3 Å². The highest BCUT2D eigenvalue weighted by Gasteiger charge is 2.13. The van der Waals surface area contributed by atoms with Crippen LogP contribution in [0.4, 0.5) is 11.4 Å². The van der Waals surface area contributed by atoms with Crippen molar-refractivity contribution in [2.45, 2.75) is 19.4 Å². The minimum absolute atomic E-state index is 0.0289. The van der Waals surface area contributed by atoms with Gasteiger partial charge >= 0.3 is 0 Å². The molecule has 3 aromatic rings. The summed E-state index contributed by atoms with van der Waals surface area (Å²) in [5.74, 6) is -0.140. The molecule has 5 heteroatoms. The van der Waals surface area contributed by atoms with Gasteiger partial charge in [-0.15, -0.1) is 0 Å². The standard InChI is InChI=1S/C22H23N3O2/c1-15(24-19-10-7-16(8-11-19)13-21(26)23-2)22(27)25-20-12-9-17-5-3-4-6-18(17)14-20/h3-12,14-15,24H,13H2,1-2H3,(H,23,26)(H,25,27). The predicted octanol–water partition coefficient (Wildman–Crippen LogP) is 3.57. The molecule has 0 bridgehead atoms. The smallest absolute Gasteiger partial charge is 0.246 e. The van der Waals surface area contributed by atoms with Crippen LogP contribution in [-0.2, 0) is 16.0 Å². The van der Waals surface area contributed by atoms with Crippen molar-refractivity contribution >= 4 is 34.0 Å². The molecule has 0 heterocycles. The van der Waals surface area contributed by atoms with Crippen LogP contribution in [0.2, 0.25) is 0 Å². The van der Waals surface area contributed by atoms with Gasteiger partial charge in [0, 0.05) is 18.4 Å². The number of carbonyl (C=O) groups excluding carboxylic acids is 2. The molecule has 5 nitrogen and oxygen atoms in total. The SMILES string of the molecule is CNC(=O)Cc1ccc(NC(C)C(=O)Nc2ccc3ccccc3c2)cc1. The van der Waals surface area contributed by atoms with Gasteiger partial charge in [0.15, 0.2) is 0 Å². The molecule has 0 saturated carbocycles. The molecule has 1 atom stereocenters. The van der Waals surface area contributed by atoms with Crippen LogP contribution in [0.25, 0.3) is 10.8 Å². The molecule has 138 valence electrons. The Morgan fingerprint density at radius 1 is 0.889 bits per heavy atom. The lowest BCUT2D eigenvalue weighted by molar-refractivity contribution is -0.120. The summed E-state index contributed by atoms with van der Waals surface area (Å²) in [5.41, 5.74) is 2.53. The van der Waals surface area contributed by atoms with Crippen LogP contribution in [0.15, 0.2) is 66.7 Å². The molecule has 0 spiro atoms. The number of hydrogen-bond donors (Lipinski definition) is 3. The summed E-state index contributed by atoms with van der Waals surface area (Å²) in [6, 6.07) is 21.0. The first-order valence-corrected chi connectivity index (χ1v) is 8.91. The lowest BCUT2D eigenvalue weighted by atomic mass is 10.1. The zero-order valence-corrected chi connectivity index (χ0v) is 15.5. The highest BCUT2D eigenvalue weighted by Crippen LogP contribution is 2.19. The normalized spacial score (nSPS) is 11.6. The molecule has 0 aromatic heterocycles. The molecule has 1 unspecified atom stereocenters. The zero-order valence-electron chi connectivity index (χ0n) is 15.5. The fraction of sp³-hybridized carbons (Fsp3) is 0.182. The number of likely N-dealkylation sites (N-methyl/N-ethyl adjacent to an activating group) is 1. The summed E-state index contributed by atoms with van der Waals surface area (Å²) in [6.07, 6.45) is 0.342.